The summed E-state index contributed by atoms with van der Waals surface area (Å²) in [6, 6.07) is 19.8. The third kappa shape index (κ3) is 8.17. The van der Waals surface area contributed by atoms with Crippen LogP contribution in [0.4, 0.5) is 0 Å². The van der Waals surface area contributed by atoms with Gasteiger partial charge in [0.25, 0.3) is 0 Å². The summed E-state index contributed by atoms with van der Waals surface area (Å²) >= 11 is 0. The molecule has 0 spiro atoms. The number of rotatable bonds is 13. The molecule has 0 radical (unpaired) electrons. The fourth-order valence-corrected chi connectivity index (χ4v) is 8.26. The topological polar surface area (TPSA) is 117 Å². The predicted octanol–water partition coefficient (Wildman–Crippen LogP) is 5.16. The first-order chi connectivity index (χ1) is 22.4. The largest absolute Gasteiger partial charge is 0.496 e. The number of fused-ring (bicyclic) bond motifs is 1. The van der Waals surface area contributed by atoms with Crippen LogP contribution in [0, 0.1) is 5.92 Å². The Kier molecular flexibility index (Phi) is 11.0. The van der Waals surface area contributed by atoms with Gasteiger partial charge >= 0.3 is 0 Å². The molecule has 3 N–H and O–H groups in total. The van der Waals surface area contributed by atoms with Gasteiger partial charge in [0.2, 0.25) is 15.9 Å². The van der Waals surface area contributed by atoms with Crippen molar-refractivity contribution in [2.24, 2.45) is 5.92 Å². The third-order valence-electron chi connectivity index (χ3n) is 9.59. The Hall–Kier alpha value is -3.44. The van der Waals surface area contributed by atoms with E-state index in [4.69, 9.17) is 9.47 Å². The Labute approximate surface area is 279 Å². The number of hydrogen-bond acceptors (Lipinski definition) is 7. The maximum atomic E-state index is 14.1. The van der Waals surface area contributed by atoms with Gasteiger partial charge in [-0.25, -0.2) is 13.1 Å². The zero-order valence-corrected chi connectivity index (χ0v) is 29.0. The van der Waals surface area contributed by atoms with Crippen molar-refractivity contribution >= 4 is 15.9 Å². The minimum Gasteiger partial charge on any atom is -0.496 e. The normalized spacial score (nSPS) is 20.9. The summed E-state index contributed by atoms with van der Waals surface area (Å²) in [5, 5.41) is 14.7. The number of amides is 1. The lowest BCUT2D eigenvalue weighted by molar-refractivity contribution is -0.121. The van der Waals surface area contributed by atoms with Crippen LogP contribution >= 0.6 is 0 Å². The van der Waals surface area contributed by atoms with Crippen LogP contribution in [0.1, 0.15) is 75.3 Å². The minimum absolute atomic E-state index is 0.0615. The molecule has 47 heavy (non-hydrogen) atoms. The van der Waals surface area contributed by atoms with Crippen molar-refractivity contribution in [3.05, 3.63) is 89.0 Å². The van der Waals surface area contributed by atoms with E-state index in [1.54, 1.807) is 51.3 Å². The number of carbonyl (C=O) groups excluding carboxylic acids is 1. The second-order valence-electron chi connectivity index (χ2n) is 13.4. The molecule has 0 aromatic heterocycles. The highest BCUT2D eigenvalue weighted by atomic mass is 32.2. The molecule has 0 bridgehead atoms. The van der Waals surface area contributed by atoms with Crippen molar-refractivity contribution in [2.45, 2.75) is 95.0 Å². The van der Waals surface area contributed by atoms with Crippen LogP contribution in [-0.4, -0.2) is 62.3 Å². The van der Waals surface area contributed by atoms with E-state index in [2.05, 4.69) is 40.9 Å². The van der Waals surface area contributed by atoms with E-state index >= 15 is 0 Å². The van der Waals surface area contributed by atoms with E-state index in [1.807, 2.05) is 24.3 Å². The van der Waals surface area contributed by atoms with E-state index in [0.29, 0.717) is 40.5 Å². The molecule has 0 unspecified atom stereocenters. The number of likely N-dealkylation sites (tertiary alicyclic amines) is 1. The second kappa shape index (κ2) is 14.8. The Morgan fingerprint density at radius 3 is 2.51 bits per heavy atom. The Bertz CT molecular complexity index is 1640. The van der Waals surface area contributed by atoms with Crippen LogP contribution < -0.4 is 19.5 Å². The molecule has 254 valence electrons. The first-order valence-electron chi connectivity index (χ1n) is 16.7. The van der Waals surface area contributed by atoms with Crippen LogP contribution in [0.3, 0.4) is 0 Å². The van der Waals surface area contributed by atoms with Crippen LogP contribution in [0.2, 0.25) is 0 Å². The average Bonchev–Trinajstić information content (AvgIpc) is 3.48. The molecular formula is C37H49N3O6S. The summed E-state index contributed by atoms with van der Waals surface area (Å²) in [6.45, 7) is 10.2. The Morgan fingerprint density at radius 2 is 1.81 bits per heavy atom. The second-order valence-corrected chi connectivity index (χ2v) is 15.1. The van der Waals surface area contributed by atoms with Crippen LogP contribution in [-0.2, 0) is 34.2 Å². The quantitative estimate of drug-likeness (QED) is 0.231. The summed E-state index contributed by atoms with van der Waals surface area (Å²) in [6.07, 6.45) is 2.17. The van der Waals surface area contributed by atoms with Gasteiger partial charge in [-0.15, -0.1) is 0 Å². The molecule has 9 nitrogen and oxygen atoms in total. The van der Waals surface area contributed by atoms with E-state index in [0.717, 1.165) is 38.9 Å². The molecule has 0 aliphatic carbocycles. The molecule has 3 atom stereocenters. The fraction of sp³-hybridized carbons (Fsp3) is 0.486. The summed E-state index contributed by atoms with van der Waals surface area (Å²) < 4.78 is 42.8. The monoisotopic (exact) mass is 663 g/mol. The Balaban J connectivity index is 1.34. The predicted molar refractivity (Wildman–Crippen MR) is 183 cm³/mol. The zero-order valence-electron chi connectivity index (χ0n) is 28.2. The molecular weight excluding hydrogens is 614 g/mol. The number of nitrogens with one attached hydrogen (secondary N) is 2. The van der Waals surface area contributed by atoms with Crippen molar-refractivity contribution in [1.29, 1.82) is 0 Å². The molecule has 3 aromatic rings. The number of sulfonamides is 1. The van der Waals surface area contributed by atoms with E-state index < -0.39 is 27.8 Å². The van der Waals surface area contributed by atoms with Gasteiger partial charge in [0, 0.05) is 36.8 Å². The van der Waals surface area contributed by atoms with Gasteiger partial charge in [0.05, 0.1) is 24.5 Å². The number of aliphatic hydroxyl groups excluding tert-OH is 1. The SMILES string of the molecule is CCC(CC)Cc1c(OC)cccc1S(=O)(=O)N[C@@H]1c2cc(CC(=O)N[C@@H]3CCN(Cc4ccccc4)C3)ccc2OC(C)(C)[C@H]1O. The molecule has 1 saturated heterocycles. The summed E-state index contributed by atoms with van der Waals surface area (Å²) in [5.41, 5.74) is 2.00. The average molecular weight is 664 g/mol. The highest BCUT2D eigenvalue weighted by Crippen LogP contribution is 2.41. The number of nitrogens with zero attached hydrogens (tertiary/aromatic N) is 1. The summed E-state index contributed by atoms with van der Waals surface area (Å²) in [5.74, 6) is 1.17. The van der Waals surface area contributed by atoms with E-state index in [1.165, 1.54) is 5.56 Å². The molecule has 2 aliphatic rings. The van der Waals surface area contributed by atoms with Crippen LogP contribution in [0.25, 0.3) is 0 Å². The molecule has 1 amide bonds. The lowest BCUT2D eigenvalue weighted by atomic mass is 9.86. The van der Waals surface area contributed by atoms with Gasteiger partial charge in [0.1, 0.15) is 23.2 Å². The third-order valence-corrected chi connectivity index (χ3v) is 11.1. The van der Waals surface area contributed by atoms with E-state index in [-0.39, 0.29) is 23.3 Å². The van der Waals surface area contributed by atoms with Crippen molar-refractivity contribution < 1.29 is 27.8 Å². The van der Waals surface area contributed by atoms with Gasteiger partial charge in [0.15, 0.2) is 0 Å². The van der Waals surface area contributed by atoms with Crippen molar-refractivity contribution in [3.8, 4) is 11.5 Å². The summed E-state index contributed by atoms with van der Waals surface area (Å²) in [7, 11) is -2.58. The van der Waals surface area contributed by atoms with Crippen molar-refractivity contribution in [2.75, 3.05) is 20.2 Å². The fourth-order valence-electron chi connectivity index (χ4n) is 6.77. The molecule has 5 rings (SSSR count). The molecule has 2 aliphatic heterocycles. The van der Waals surface area contributed by atoms with Gasteiger partial charge in [-0.05, 0) is 68.0 Å². The number of methoxy groups -OCH3 is 1. The number of hydrogen-bond donors (Lipinski definition) is 3. The molecule has 0 saturated carbocycles. The molecule has 3 aromatic carbocycles. The Morgan fingerprint density at radius 1 is 1.06 bits per heavy atom. The van der Waals surface area contributed by atoms with Gasteiger partial charge in [-0.2, -0.15) is 0 Å². The van der Waals surface area contributed by atoms with Crippen molar-refractivity contribution in [3.63, 3.8) is 0 Å². The molecule has 10 heteroatoms. The number of benzene rings is 3. The highest BCUT2D eigenvalue weighted by molar-refractivity contribution is 7.89. The molecule has 1 fully saturated rings. The first-order valence-corrected chi connectivity index (χ1v) is 18.2. The van der Waals surface area contributed by atoms with Crippen LogP contribution in [0.5, 0.6) is 11.5 Å². The lowest BCUT2D eigenvalue weighted by Gasteiger charge is -2.42. The molecule has 2 heterocycles. The highest BCUT2D eigenvalue weighted by Gasteiger charge is 2.45. The maximum absolute atomic E-state index is 14.1. The lowest BCUT2D eigenvalue weighted by Crippen LogP contribution is -2.53. The standard InChI is InChI=1S/C37H49N3O6S/c1-6-25(7-2)20-29-31(45-5)14-11-15-33(29)47(43,44)39-35-30-21-27(16-17-32(30)46-37(3,4)36(35)42)22-34(41)38-28-18-19-40(24-28)23-26-12-9-8-10-13-26/h8-17,21,25,28,35-36,39,42H,6-7,18-20,22-24H2,1-5H3,(H,38,41)/t28-,35-,36+/m1/s1. The van der Waals surface area contributed by atoms with E-state index in [9.17, 15) is 18.3 Å². The summed E-state index contributed by atoms with van der Waals surface area (Å²) in [4.78, 5) is 15.6. The minimum atomic E-state index is -4.12. The first kappa shape index (κ1) is 34.9. The smallest absolute Gasteiger partial charge is 0.241 e. The number of aliphatic hydroxyl groups is 1. The zero-order chi connectivity index (χ0) is 33.8. The number of ether oxygens (including phenoxy) is 2. The van der Waals surface area contributed by atoms with Gasteiger partial charge < -0.3 is 19.9 Å². The van der Waals surface area contributed by atoms with Gasteiger partial charge in [-0.1, -0.05) is 69.2 Å². The van der Waals surface area contributed by atoms with Gasteiger partial charge in [-0.3, -0.25) is 9.69 Å². The maximum Gasteiger partial charge on any atom is 0.241 e. The van der Waals surface area contributed by atoms with Crippen LogP contribution in [0.15, 0.2) is 71.6 Å². The van der Waals surface area contributed by atoms with Crippen molar-refractivity contribution in [1.82, 2.24) is 14.9 Å². The number of carbonyl (C=O) groups is 1.